The molecule has 1 aliphatic heterocycles. The van der Waals surface area contributed by atoms with E-state index in [1.54, 1.807) is 13.3 Å². The third-order valence-electron chi connectivity index (χ3n) is 5.20. The molecule has 32 heavy (non-hydrogen) atoms. The van der Waals surface area contributed by atoms with Gasteiger partial charge in [-0.2, -0.15) is 0 Å². The van der Waals surface area contributed by atoms with Crippen LogP contribution in [0, 0.1) is 6.92 Å². The number of allylic oxidation sites excluding steroid dienone is 5. The number of aromatic nitrogens is 5. The number of hydrogen-bond donors (Lipinski definition) is 0. The van der Waals surface area contributed by atoms with Crippen LogP contribution < -0.4 is 0 Å². The van der Waals surface area contributed by atoms with Crippen LogP contribution in [-0.4, -0.2) is 43.0 Å². The Bertz CT molecular complexity index is 1240. The van der Waals surface area contributed by atoms with Crippen LogP contribution in [0.25, 0.3) is 11.4 Å². The van der Waals surface area contributed by atoms with Crippen molar-refractivity contribution in [2.75, 3.05) is 12.5 Å². The van der Waals surface area contributed by atoms with Gasteiger partial charge in [-0.25, -0.2) is 14.5 Å². The molecule has 0 radical (unpaired) electrons. The number of carbonyl (C=O) groups excluding carboxylic acids is 1. The average molecular weight is 450 g/mol. The average Bonchev–Trinajstić information content (AvgIpc) is 3.33. The van der Waals surface area contributed by atoms with Gasteiger partial charge in [0, 0.05) is 18.7 Å². The Morgan fingerprint density at radius 1 is 1.28 bits per heavy atom. The van der Waals surface area contributed by atoms with E-state index in [1.807, 2.05) is 52.6 Å². The van der Waals surface area contributed by atoms with Gasteiger partial charge in [0.1, 0.15) is 6.33 Å². The number of ether oxygens (including phenoxy) is 1. The van der Waals surface area contributed by atoms with Crippen LogP contribution in [0.4, 0.5) is 0 Å². The molecule has 3 aromatic rings. The molecule has 0 spiro atoms. The van der Waals surface area contributed by atoms with Crippen LogP contribution in [0.2, 0.25) is 0 Å². The van der Waals surface area contributed by atoms with Crippen molar-refractivity contribution in [2.24, 2.45) is 0 Å². The topological polar surface area (TPSA) is 74.8 Å². The van der Waals surface area contributed by atoms with E-state index in [4.69, 9.17) is 16.3 Å². The minimum Gasteiger partial charge on any atom is -0.461 e. The first kappa shape index (κ1) is 21.8. The van der Waals surface area contributed by atoms with Crippen LogP contribution in [-0.2, 0) is 17.6 Å². The fourth-order valence-electron chi connectivity index (χ4n) is 3.72. The molecule has 3 heterocycles. The second-order valence-electron chi connectivity index (χ2n) is 7.47. The summed E-state index contributed by atoms with van der Waals surface area (Å²) in [6.45, 7) is 8.24. The molecule has 0 N–H and O–H groups in total. The monoisotopic (exact) mass is 449 g/mol. The number of hydrogen-bond acceptors (Lipinski definition) is 5. The van der Waals surface area contributed by atoms with Crippen molar-refractivity contribution in [3.63, 3.8) is 0 Å². The van der Waals surface area contributed by atoms with E-state index in [0.29, 0.717) is 24.4 Å². The lowest BCUT2D eigenvalue weighted by Gasteiger charge is -2.10. The van der Waals surface area contributed by atoms with Crippen LogP contribution >= 0.6 is 11.6 Å². The molecule has 1 aliphatic rings. The number of alkyl halides is 1. The highest BCUT2D eigenvalue weighted by atomic mass is 35.5. The SMILES string of the molecule is C=C(/C=C\C=C/CCl)Cc1nnn2c1Cc1c(C(=O)OCC)ncn1-c1ccc(C)cc1-2. The largest absolute Gasteiger partial charge is 0.461 e. The Hall–Kier alpha value is -3.45. The Labute approximate surface area is 191 Å². The molecule has 164 valence electrons. The highest BCUT2D eigenvalue weighted by Gasteiger charge is 2.28. The maximum atomic E-state index is 12.6. The quantitative estimate of drug-likeness (QED) is 0.239. The molecule has 0 atom stereocenters. The van der Waals surface area contributed by atoms with Crippen molar-refractivity contribution in [1.29, 1.82) is 0 Å². The Kier molecular flexibility index (Phi) is 6.37. The Morgan fingerprint density at radius 3 is 2.91 bits per heavy atom. The molecule has 0 bridgehead atoms. The first-order valence-corrected chi connectivity index (χ1v) is 10.9. The third-order valence-corrected chi connectivity index (χ3v) is 5.37. The summed E-state index contributed by atoms with van der Waals surface area (Å²) >= 11 is 5.66. The third kappa shape index (κ3) is 4.16. The minimum absolute atomic E-state index is 0.288. The van der Waals surface area contributed by atoms with Crippen molar-refractivity contribution in [1.82, 2.24) is 24.5 Å². The van der Waals surface area contributed by atoms with E-state index in [0.717, 1.165) is 39.6 Å². The van der Waals surface area contributed by atoms with Gasteiger partial charge in [-0.3, -0.25) is 4.57 Å². The highest BCUT2D eigenvalue weighted by molar-refractivity contribution is 6.18. The number of carbonyl (C=O) groups is 1. The summed E-state index contributed by atoms with van der Waals surface area (Å²) in [6, 6.07) is 6.09. The maximum Gasteiger partial charge on any atom is 0.358 e. The Balaban J connectivity index is 1.79. The zero-order chi connectivity index (χ0) is 22.7. The number of nitrogens with zero attached hydrogens (tertiary/aromatic N) is 5. The van der Waals surface area contributed by atoms with Crippen LogP contribution in [0.1, 0.15) is 40.1 Å². The van der Waals surface area contributed by atoms with E-state index in [9.17, 15) is 4.79 Å². The summed E-state index contributed by atoms with van der Waals surface area (Å²) in [5.74, 6) is 0.0285. The number of esters is 1. The van der Waals surface area contributed by atoms with Crippen molar-refractivity contribution < 1.29 is 9.53 Å². The lowest BCUT2D eigenvalue weighted by molar-refractivity contribution is 0.0519. The predicted octanol–water partition coefficient (Wildman–Crippen LogP) is 4.29. The number of rotatable bonds is 7. The van der Waals surface area contributed by atoms with Gasteiger partial charge in [0.25, 0.3) is 0 Å². The summed E-state index contributed by atoms with van der Waals surface area (Å²) in [7, 11) is 0. The van der Waals surface area contributed by atoms with Gasteiger partial charge < -0.3 is 4.74 Å². The van der Waals surface area contributed by atoms with Crippen LogP contribution in [0.5, 0.6) is 0 Å². The lowest BCUT2D eigenvalue weighted by atomic mass is 10.1. The standard InChI is InChI=1S/C24H24ClN5O2/c1-4-32-24(31)23-22-14-20-18(12-16(2)8-6-5-7-11-25)27-28-30(20)21-13-17(3)9-10-19(21)29(22)15-26-23/h5-10,13,15H,2,4,11-12,14H2,1,3H3/b7-5-,8-6-. The number of fused-ring (bicyclic) bond motifs is 5. The van der Waals surface area contributed by atoms with Crippen molar-refractivity contribution in [3.05, 3.63) is 89.3 Å². The fraction of sp³-hybridized carbons (Fsp3) is 0.250. The van der Waals surface area contributed by atoms with E-state index < -0.39 is 5.97 Å². The molecular formula is C24H24ClN5O2. The lowest BCUT2D eigenvalue weighted by Crippen LogP contribution is -2.11. The predicted molar refractivity (Wildman–Crippen MR) is 124 cm³/mol. The molecule has 0 saturated carbocycles. The second-order valence-corrected chi connectivity index (χ2v) is 7.78. The smallest absolute Gasteiger partial charge is 0.358 e. The molecular weight excluding hydrogens is 426 g/mol. The van der Waals surface area contributed by atoms with Crippen molar-refractivity contribution in [3.8, 4) is 11.4 Å². The molecule has 8 heteroatoms. The van der Waals surface area contributed by atoms with Crippen LogP contribution in [0.15, 0.2) is 61.0 Å². The summed E-state index contributed by atoms with van der Waals surface area (Å²) in [5, 5.41) is 8.91. The van der Waals surface area contributed by atoms with Gasteiger partial charge in [-0.05, 0) is 37.1 Å². The van der Waals surface area contributed by atoms with Crippen LogP contribution in [0.3, 0.4) is 0 Å². The highest BCUT2D eigenvalue weighted by Crippen LogP contribution is 2.31. The van der Waals surface area contributed by atoms with Gasteiger partial charge >= 0.3 is 5.97 Å². The van der Waals surface area contributed by atoms with E-state index in [1.165, 1.54) is 0 Å². The minimum atomic E-state index is -0.434. The van der Waals surface area contributed by atoms with Gasteiger partial charge in [0.05, 0.1) is 35.1 Å². The molecule has 0 saturated heterocycles. The Morgan fingerprint density at radius 2 is 2.12 bits per heavy atom. The first-order valence-electron chi connectivity index (χ1n) is 10.4. The molecule has 0 unspecified atom stereocenters. The number of halogens is 1. The van der Waals surface area contributed by atoms with Gasteiger partial charge in [-0.1, -0.05) is 42.2 Å². The summed E-state index contributed by atoms with van der Waals surface area (Å²) < 4.78 is 9.02. The molecule has 2 aromatic heterocycles. The van der Waals surface area contributed by atoms with E-state index in [-0.39, 0.29) is 6.61 Å². The fourth-order valence-corrected chi connectivity index (χ4v) is 3.82. The van der Waals surface area contributed by atoms with Crippen molar-refractivity contribution in [2.45, 2.75) is 26.7 Å². The first-order chi connectivity index (χ1) is 15.5. The summed E-state index contributed by atoms with van der Waals surface area (Å²) in [4.78, 5) is 16.9. The number of imidazole rings is 1. The van der Waals surface area contributed by atoms with Gasteiger partial charge in [-0.15, -0.1) is 16.7 Å². The molecule has 0 aliphatic carbocycles. The maximum absolute atomic E-state index is 12.6. The summed E-state index contributed by atoms with van der Waals surface area (Å²) in [5.41, 5.74) is 6.52. The molecule has 1 aromatic carbocycles. The second kappa shape index (κ2) is 9.36. The molecule has 0 fully saturated rings. The summed E-state index contributed by atoms with van der Waals surface area (Å²) in [6.07, 6.45) is 10.2. The molecule has 4 rings (SSSR count). The number of aryl methyl sites for hydroxylation is 1. The van der Waals surface area contributed by atoms with Crippen molar-refractivity contribution >= 4 is 17.6 Å². The number of benzene rings is 1. The molecule has 7 nitrogen and oxygen atoms in total. The normalized spacial score (nSPS) is 12.5. The van der Waals surface area contributed by atoms with Gasteiger partial charge in [0.15, 0.2) is 5.69 Å². The van der Waals surface area contributed by atoms with E-state index >= 15 is 0 Å². The van der Waals surface area contributed by atoms with E-state index in [2.05, 4.69) is 27.9 Å². The zero-order valence-corrected chi connectivity index (χ0v) is 18.8. The zero-order valence-electron chi connectivity index (χ0n) is 18.1. The molecule has 0 amide bonds. The van der Waals surface area contributed by atoms with Gasteiger partial charge in [0.2, 0.25) is 0 Å².